The molecule has 0 aliphatic rings. The Bertz CT molecular complexity index is 889. The first-order valence-corrected chi connectivity index (χ1v) is 9.65. The Balaban J connectivity index is 2.06. The van der Waals surface area contributed by atoms with E-state index in [0.717, 1.165) is 0 Å². The molecule has 5 nitrogen and oxygen atoms in total. The van der Waals surface area contributed by atoms with Gasteiger partial charge in [0, 0.05) is 24.9 Å². The van der Waals surface area contributed by atoms with Crippen molar-refractivity contribution < 1.29 is 17.6 Å². The zero-order valence-electron chi connectivity index (χ0n) is 14.6. The van der Waals surface area contributed by atoms with Crippen LogP contribution in [0, 0.1) is 5.82 Å². The lowest BCUT2D eigenvalue weighted by molar-refractivity contribution is -0.111. The number of hydrogen-bond donors (Lipinski definition) is 1. The molecule has 0 unspecified atom stereocenters. The lowest BCUT2D eigenvalue weighted by Crippen LogP contribution is -2.30. The van der Waals surface area contributed by atoms with Gasteiger partial charge in [0.1, 0.15) is 5.82 Å². The van der Waals surface area contributed by atoms with Gasteiger partial charge in [0.15, 0.2) is 0 Å². The number of carbonyl (C=O) groups excluding carboxylic acids is 1. The van der Waals surface area contributed by atoms with Gasteiger partial charge >= 0.3 is 0 Å². The zero-order valence-corrected chi connectivity index (χ0v) is 15.5. The van der Waals surface area contributed by atoms with Crippen molar-refractivity contribution in [3.05, 3.63) is 66.0 Å². The molecule has 0 atom stereocenters. The van der Waals surface area contributed by atoms with Crippen LogP contribution in [-0.2, 0) is 14.8 Å². The maximum absolute atomic E-state index is 13.1. The van der Waals surface area contributed by atoms with Gasteiger partial charge in [-0.3, -0.25) is 4.79 Å². The summed E-state index contributed by atoms with van der Waals surface area (Å²) >= 11 is 0. The molecule has 0 saturated carbocycles. The van der Waals surface area contributed by atoms with Crippen LogP contribution >= 0.6 is 0 Å². The summed E-state index contributed by atoms with van der Waals surface area (Å²) in [6.45, 7) is 4.38. The van der Waals surface area contributed by atoms with E-state index in [-0.39, 0.29) is 4.90 Å². The van der Waals surface area contributed by atoms with Gasteiger partial charge in [-0.1, -0.05) is 32.0 Å². The Morgan fingerprint density at radius 1 is 1.12 bits per heavy atom. The van der Waals surface area contributed by atoms with Gasteiger partial charge in [-0.2, -0.15) is 4.31 Å². The number of nitrogens with zero attached hydrogens (tertiary/aromatic N) is 1. The molecule has 0 aliphatic carbocycles. The quantitative estimate of drug-likeness (QED) is 0.752. The third-order valence-electron chi connectivity index (χ3n) is 3.74. The second kappa shape index (κ2) is 8.73. The smallest absolute Gasteiger partial charge is 0.248 e. The molecule has 0 heterocycles. The zero-order chi connectivity index (χ0) is 19.2. The van der Waals surface area contributed by atoms with E-state index in [9.17, 15) is 17.6 Å². The molecule has 138 valence electrons. The molecule has 26 heavy (non-hydrogen) atoms. The van der Waals surface area contributed by atoms with Crippen molar-refractivity contribution in [1.82, 2.24) is 4.31 Å². The van der Waals surface area contributed by atoms with E-state index < -0.39 is 21.7 Å². The monoisotopic (exact) mass is 376 g/mol. The summed E-state index contributed by atoms with van der Waals surface area (Å²) in [5.74, 6) is -0.841. The minimum Gasteiger partial charge on any atom is -0.322 e. The molecule has 0 aliphatic heterocycles. The molecule has 7 heteroatoms. The molecule has 0 bridgehead atoms. The highest BCUT2D eigenvalue weighted by atomic mass is 32.2. The van der Waals surface area contributed by atoms with Crippen LogP contribution in [0.2, 0.25) is 0 Å². The van der Waals surface area contributed by atoms with E-state index in [1.165, 1.54) is 40.7 Å². The standard InChI is InChI=1S/C19H21FN2O3S/c1-3-22(4-2)26(24,25)18-11-8-15(9-12-18)10-13-19(23)21-17-7-5-6-16(20)14-17/h5-14H,3-4H2,1-2H3,(H,21,23)/b13-10+. The topological polar surface area (TPSA) is 66.5 Å². The first-order valence-electron chi connectivity index (χ1n) is 8.21. The summed E-state index contributed by atoms with van der Waals surface area (Å²) < 4.78 is 39.3. The summed E-state index contributed by atoms with van der Waals surface area (Å²) in [5.41, 5.74) is 1.04. The molecule has 1 amide bonds. The number of nitrogens with one attached hydrogen (secondary N) is 1. The molecule has 0 spiro atoms. The van der Waals surface area contributed by atoms with Crippen molar-refractivity contribution >= 4 is 27.7 Å². The van der Waals surface area contributed by atoms with Crippen LogP contribution in [0.4, 0.5) is 10.1 Å². The molecular weight excluding hydrogens is 355 g/mol. The maximum atomic E-state index is 13.1. The van der Waals surface area contributed by atoms with Crippen molar-refractivity contribution in [2.24, 2.45) is 0 Å². The number of sulfonamides is 1. The van der Waals surface area contributed by atoms with Crippen molar-refractivity contribution in [2.75, 3.05) is 18.4 Å². The van der Waals surface area contributed by atoms with Crippen LogP contribution in [0.25, 0.3) is 6.08 Å². The van der Waals surface area contributed by atoms with E-state index >= 15 is 0 Å². The molecular formula is C19H21FN2O3S. The third-order valence-corrected chi connectivity index (χ3v) is 5.81. The Morgan fingerprint density at radius 3 is 2.35 bits per heavy atom. The highest BCUT2D eigenvalue weighted by Gasteiger charge is 2.20. The Hall–Kier alpha value is -2.51. The Labute approximate surface area is 153 Å². The lowest BCUT2D eigenvalue weighted by Gasteiger charge is -2.18. The minimum atomic E-state index is -3.50. The molecule has 2 rings (SSSR count). The molecule has 0 aromatic heterocycles. The van der Waals surface area contributed by atoms with E-state index in [4.69, 9.17) is 0 Å². The largest absolute Gasteiger partial charge is 0.322 e. The lowest BCUT2D eigenvalue weighted by atomic mass is 10.2. The molecule has 2 aromatic rings. The Kier molecular flexibility index (Phi) is 6.65. The fourth-order valence-corrected chi connectivity index (χ4v) is 3.84. The number of halogens is 1. The number of benzene rings is 2. The van der Waals surface area contributed by atoms with Crippen molar-refractivity contribution in [1.29, 1.82) is 0 Å². The molecule has 0 fully saturated rings. The highest BCUT2D eigenvalue weighted by Crippen LogP contribution is 2.17. The van der Waals surface area contributed by atoms with Gasteiger partial charge in [0.05, 0.1) is 4.90 Å². The Morgan fingerprint density at radius 2 is 1.77 bits per heavy atom. The van der Waals surface area contributed by atoms with Gasteiger partial charge in [-0.25, -0.2) is 12.8 Å². The minimum absolute atomic E-state index is 0.211. The summed E-state index contributed by atoms with van der Waals surface area (Å²) in [7, 11) is -3.50. The van der Waals surface area contributed by atoms with E-state index in [2.05, 4.69) is 5.32 Å². The van der Waals surface area contributed by atoms with Crippen LogP contribution in [0.3, 0.4) is 0 Å². The molecule has 2 aromatic carbocycles. The molecule has 0 radical (unpaired) electrons. The normalized spacial score (nSPS) is 11.8. The van der Waals surface area contributed by atoms with Gasteiger partial charge in [0.25, 0.3) is 0 Å². The van der Waals surface area contributed by atoms with E-state index in [1.54, 1.807) is 38.1 Å². The summed E-state index contributed by atoms with van der Waals surface area (Å²) in [4.78, 5) is 12.1. The van der Waals surface area contributed by atoms with Crippen molar-refractivity contribution in [3.63, 3.8) is 0 Å². The van der Waals surface area contributed by atoms with Crippen LogP contribution in [0.1, 0.15) is 19.4 Å². The average molecular weight is 376 g/mol. The van der Waals surface area contributed by atoms with Crippen molar-refractivity contribution in [2.45, 2.75) is 18.7 Å². The van der Waals surface area contributed by atoms with Crippen LogP contribution < -0.4 is 5.32 Å². The van der Waals surface area contributed by atoms with Gasteiger partial charge in [-0.05, 0) is 42.0 Å². The SMILES string of the molecule is CCN(CC)S(=O)(=O)c1ccc(/C=C/C(=O)Nc2cccc(F)c2)cc1. The van der Waals surface area contributed by atoms with E-state index in [0.29, 0.717) is 24.3 Å². The summed E-state index contributed by atoms with van der Waals surface area (Å²) in [5, 5.41) is 2.55. The number of anilines is 1. The number of rotatable bonds is 7. The third kappa shape index (κ3) is 5.00. The predicted molar refractivity (Wildman–Crippen MR) is 101 cm³/mol. The first kappa shape index (κ1) is 19.8. The second-order valence-corrected chi connectivity index (χ2v) is 7.43. The molecule has 1 N–H and O–H groups in total. The highest BCUT2D eigenvalue weighted by molar-refractivity contribution is 7.89. The maximum Gasteiger partial charge on any atom is 0.248 e. The number of amides is 1. The van der Waals surface area contributed by atoms with Gasteiger partial charge in [0.2, 0.25) is 15.9 Å². The average Bonchev–Trinajstić information content (AvgIpc) is 2.61. The van der Waals surface area contributed by atoms with Gasteiger partial charge in [-0.15, -0.1) is 0 Å². The fourth-order valence-electron chi connectivity index (χ4n) is 2.39. The summed E-state index contributed by atoms with van der Waals surface area (Å²) in [6.07, 6.45) is 2.86. The predicted octanol–water partition coefficient (Wildman–Crippen LogP) is 3.51. The van der Waals surface area contributed by atoms with Crippen LogP contribution in [0.5, 0.6) is 0 Å². The van der Waals surface area contributed by atoms with Crippen LogP contribution in [0.15, 0.2) is 59.5 Å². The van der Waals surface area contributed by atoms with Gasteiger partial charge < -0.3 is 5.32 Å². The second-order valence-electron chi connectivity index (χ2n) is 5.49. The molecule has 0 saturated heterocycles. The van der Waals surface area contributed by atoms with E-state index in [1.807, 2.05) is 0 Å². The summed E-state index contributed by atoms with van der Waals surface area (Å²) in [6, 6.07) is 11.9. The van der Waals surface area contributed by atoms with Crippen molar-refractivity contribution in [3.8, 4) is 0 Å². The number of carbonyl (C=O) groups is 1. The first-order chi connectivity index (χ1) is 12.4. The number of hydrogen-bond acceptors (Lipinski definition) is 3. The fraction of sp³-hybridized carbons (Fsp3) is 0.211. The van der Waals surface area contributed by atoms with Crippen LogP contribution in [-0.4, -0.2) is 31.7 Å².